The lowest BCUT2D eigenvalue weighted by Crippen LogP contribution is -2.30. The van der Waals surface area contributed by atoms with Crippen molar-refractivity contribution in [1.29, 1.82) is 0 Å². The van der Waals surface area contributed by atoms with Crippen LogP contribution < -0.4 is 14.7 Å². The fourth-order valence-electron chi connectivity index (χ4n) is 13.1. The van der Waals surface area contributed by atoms with Crippen molar-refractivity contribution in [2.75, 3.05) is 14.7 Å². The van der Waals surface area contributed by atoms with E-state index in [4.69, 9.17) is 0 Å². The van der Waals surface area contributed by atoms with E-state index in [0.717, 1.165) is 59.0 Å². The maximum Gasteiger partial charge on any atom is 0.0560 e. The third kappa shape index (κ3) is 9.04. The predicted molar refractivity (Wildman–Crippen MR) is 355 cm³/mol. The van der Waals surface area contributed by atoms with Crippen molar-refractivity contribution in [3.63, 3.8) is 0 Å². The minimum absolute atomic E-state index is 0.0935. The van der Waals surface area contributed by atoms with E-state index in [-0.39, 0.29) is 6.04 Å². The normalized spacial score (nSPS) is 13.9. The smallest absolute Gasteiger partial charge is 0.0560 e. The summed E-state index contributed by atoms with van der Waals surface area (Å²) in [5, 5.41) is 12.1. The number of hydrogen-bond donors (Lipinski definition) is 0. The molecule has 3 heteroatoms. The molecule has 0 bridgehead atoms. The van der Waals surface area contributed by atoms with Crippen LogP contribution in [0.1, 0.15) is 19.3 Å². The van der Waals surface area contributed by atoms with Crippen LogP contribution in [-0.4, -0.2) is 6.04 Å². The summed E-state index contributed by atoms with van der Waals surface area (Å²) >= 11 is 0. The zero-order valence-corrected chi connectivity index (χ0v) is 46.1. The average Bonchev–Trinajstić information content (AvgIpc) is 1.91. The maximum atomic E-state index is 2.58. The van der Waals surface area contributed by atoms with Gasteiger partial charge in [-0.25, -0.2) is 0 Å². The molecular formula is C80H59N3. The van der Waals surface area contributed by atoms with Crippen LogP contribution in [0, 0.1) is 0 Å². The molecule has 394 valence electrons. The Morgan fingerprint density at radius 1 is 0.325 bits per heavy atom. The Kier molecular flexibility index (Phi) is 12.9. The van der Waals surface area contributed by atoms with Crippen molar-refractivity contribution >= 4 is 93.7 Å². The van der Waals surface area contributed by atoms with Crippen LogP contribution >= 0.6 is 0 Å². The molecule has 0 saturated carbocycles. The number of allylic oxidation sites excluding steroid dienone is 5. The van der Waals surface area contributed by atoms with Gasteiger partial charge in [0.1, 0.15) is 0 Å². The monoisotopic (exact) mass is 1060 g/mol. The van der Waals surface area contributed by atoms with Gasteiger partial charge in [0.05, 0.1) is 11.7 Å². The lowest BCUT2D eigenvalue weighted by atomic mass is 9.81. The van der Waals surface area contributed by atoms with Crippen LogP contribution in [0.15, 0.2) is 321 Å². The van der Waals surface area contributed by atoms with Crippen molar-refractivity contribution in [2.45, 2.75) is 25.3 Å². The number of rotatable bonds is 12. The summed E-state index contributed by atoms with van der Waals surface area (Å²) in [6.07, 6.45) is 19.0. The van der Waals surface area contributed by atoms with Crippen molar-refractivity contribution in [1.82, 2.24) is 0 Å². The lowest BCUT2D eigenvalue weighted by molar-refractivity contribution is 0.788. The molecule has 3 nitrogen and oxygen atoms in total. The molecule has 2 aliphatic carbocycles. The Labute approximate surface area is 485 Å². The molecule has 1 unspecified atom stereocenters. The Balaban J connectivity index is 1.07. The van der Waals surface area contributed by atoms with Gasteiger partial charge >= 0.3 is 0 Å². The number of fused-ring (bicyclic) bond motifs is 8. The number of hydrogen-bond acceptors (Lipinski definition) is 3. The Morgan fingerprint density at radius 3 is 1.49 bits per heavy atom. The first kappa shape index (κ1) is 49.6. The zero-order valence-electron chi connectivity index (χ0n) is 46.1. The van der Waals surface area contributed by atoms with E-state index in [2.05, 4.69) is 330 Å². The third-order valence-corrected chi connectivity index (χ3v) is 16.9. The highest BCUT2D eigenvalue weighted by atomic mass is 15.2. The second-order valence-electron chi connectivity index (χ2n) is 21.8. The summed E-state index contributed by atoms with van der Waals surface area (Å²) in [6, 6.07) is 101. The molecule has 0 heterocycles. The van der Waals surface area contributed by atoms with E-state index in [9.17, 15) is 0 Å². The minimum atomic E-state index is 0.0935. The Hall–Kier alpha value is -10.5. The molecule has 0 aromatic heterocycles. The summed E-state index contributed by atoms with van der Waals surface area (Å²) in [4.78, 5) is 7.43. The van der Waals surface area contributed by atoms with Crippen LogP contribution in [0.25, 0.3) is 87.2 Å². The van der Waals surface area contributed by atoms with E-state index in [1.54, 1.807) is 0 Å². The molecule has 83 heavy (non-hydrogen) atoms. The molecule has 15 rings (SSSR count). The topological polar surface area (TPSA) is 9.72 Å². The number of anilines is 7. The van der Waals surface area contributed by atoms with Crippen molar-refractivity contribution in [3.05, 3.63) is 321 Å². The second-order valence-corrected chi connectivity index (χ2v) is 21.8. The van der Waals surface area contributed by atoms with Crippen LogP contribution in [0.2, 0.25) is 0 Å². The molecule has 1 atom stereocenters. The van der Waals surface area contributed by atoms with E-state index >= 15 is 0 Å². The quantitative estimate of drug-likeness (QED) is 0.113. The van der Waals surface area contributed by atoms with E-state index in [1.165, 1.54) is 93.1 Å². The number of benzene rings is 13. The van der Waals surface area contributed by atoms with Gasteiger partial charge in [-0.3, -0.25) is 0 Å². The highest BCUT2D eigenvalue weighted by molar-refractivity contribution is 6.33. The molecule has 0 fully saturated rings. The highest BCUT2D eigenvalue weighted by Gasteiger charge is 2.27. The maximum absolute atomic E-state index is 2.58. The van der Waals surface area contributed by atoms with Crippen LogP contribution in [0.4, 0.5) is 39.8 Å². The molecule has 0 N–H and O–H groups in total. The van der Waals surface area contributed by atoms with Crippen LogP contribution in [0.5, 0.6) is 0 Å². The second kappa shape index (κ2) is 21.5. The van der Waals surface area contributed by atoms with Crippen LogP contribution in [-0.2, 0) is 0 Å². The molecule has 0 spiro atoms. The van der Waals surface area contributed by atoms with Gasteiger partial charge in [0.25, 0.3) is 0 Å². The molecule has 0 saturated heterocycles. The highest BCUT2D eigenvalue weighted by Crippen LogP contribution is 2.52. The summed E-state index contributed by atoms with van der Waals surface area (Å²) in [6.45, 7) is 0. The van der Waals surface area contributed by atoms with Gasteiger partial charge in [0, 0.05) is 50.6 Å². The molecule has 13 aromatic rings. The number of nitrogens with zero attached hydrogens (tertiary/aromatic N) is 3. The number of para-hydroxylation sites is 2. The molecule has 0 aliphatic heterocycles. The van der Waals surface area contributed by atoms with Gasteiger partial charge in [0.15, 0.2) is 0 Å². The predicted octanol–water partition coefficient (Wildman–Crippen LogP) is 22.3. The largest absolute Gasteiger partial charge is 0.334 e. The van der Waals surface area contributed by atoms with Gasteiger partial charge in [-0.2, -0.15) is 0 Å². The summed E-state index contributed by atoms with van der Waals surface area (Å²) in [5.41, 5.74) is 16.2. The standard InChI is InChI=1S/C80H59N3/c1-7-25-58(26-8-1)72-55-73(59-45-47-65(48-46-59)81(61-33-11-3-12-34-61)62-35-13-4-14-36-62)79-70-51-49-66(82(63-37-15-5-16-38-63)76-43-23-31-56-27-19-21-41-68(56)76)53-74(70)75-54-67(50-52-71(75)80(79)78(72)60-29-9-2-10-30-60)83(64-39-17-6-18-40-64)77-44-24-32-57-28-20-22-42-69(57)77/h1-5,7-17,19-37,39-55,63H,6,18,38H2. The van der Waals surface area contributed by atoms with E-state index in [1.807, 2.05) is 0 Å². The summed E-state index contributed by atoms with van der Waals surface area (Å²) in [5.74, 6) is 0. The molecule has 0 radical (unpaired) electrons. The molecular weight excluding hydrogens is 1000 g/mol. The van der Waals surface area contributed by atoms with Gasteiger partial charge in [-0.1, -0.05) is 231 Å². The summed E-state index contributed by atoms with van der Waals surface area (Å²) in [7, 11) is 0. The average molecular weight is 1060 g/mol. The summed E-state index contributed by atoms with van der Waals surface area (Å²) < 4.78 is 0. The molecule has 2 aliphatic rings. The van der Waals surface area contributed by atoms with Gasteiger partial charge in [-0.15, -0.1) is 0 Å². The minimum Gasteiger partial charge on any atom is -0.334 e. The Bertz CT molecular complexity index is 4640. The van der Waals surface area contributed by atoms with E-state index < -0.39 is 0 Å². The fourth-order valence-corrected chi connectivity index (χ4v) is 13.1. The van der Waals surface area contributed by atoms with E-state index in [0.29, 0.717) is 0 Å². The first-order valence-corrected chi connectivity index (χ1v) is 29.1. The zero-order chi connectivity index (χ0) is 55.1. The Morgan fingerprint density at radius 2 is 0.855 bits per heavy atom. The SMILES string of the molecule is C1=CCC(N(c2ccc3c(c2)c2cc(N(C4=CCCC=C4)c4cccc5ccccc45)ccc2c2c(-c4ccccc4)c(-c4ccccc4)cc(-c4ccc(N(c5ccccc5)c5ccccc5)cc4)c32)c2cccc3ccccc23)C=C1. The fraction of sp³-hybridized carbons (Fsp3) is 0.0500. The van der Waals surface area contributed by atoms with Crippen LogP contribution in [0.3, 0.4) is 0 Å². The van der Waals surface area contributed by atoms with Crippen molar-refractivity contribution < 1.29 is 0 Å². The molecule has 13 aromatic carbocycles. The van der Waals surface area contributed by atoms with Gasteiger partial charge in [0.2, 0.25) is 0 Å². The first-order chi connectivity index (χ1) is 41.2. The van der Waals surface area contributed by atoms with Crippen molar-refractivity contribution in [3.8, 4) is 33.4 Å². The van der Waals surface area contributed by atoms with Crippen molar-refractivity contribution in [2.24, 2.45) is 0 Å². The van der Waals surface area contributed by atoms with Gasteiger partial charge in [-0.05, 0) is 181 Å². The lowest BCUT2D eigenvalue weighted by Gasteiger charge is -2.34. The van der Waals surface area contributed by atoms with Gasteiger partial charge < -0.3 is 14.7 Å². The first-order valence-electron chi connectivity index (χ1n) is 29.1. The molecule has 0 amide bonds. The third-order valence-electron chi connectivity index (χ3n) is 16.9.